The molecule has 0 spiro atoms. The zero-order valence-corrected chi connectivity index (χ0v) is 18.3. The molecule has 0 aliphatic carbocycles. The van der Waals surface area contributed by atoms with Crippen LogP contribution in [0.5, 0.6) is 0 Å². The van der Waals surface area contributed by atoms with Crippen molar-refractivity contribution < 1.29 is 14.0 Å². The second-order valence-electron chi connectivity index (χ2n) is 7.31. The number of nitrogens with zero attached hydrogens (tertiary/aromatic N) is 1. The lowest BCUT2D eigenvalue weighted by Crippen LogP contribution is -2.28. The Labute approximate surface area is 184 Å². The van der Waals surface area contributed by atoms with E-state index in [0.29, 0.717) is 35.1 Å². The normalized spacial score (nSPS) is 10.7. The van der Waals surface area contributed by atoms with Crippen LogP contribution in [0.25, 0.3) is 0 Å². The lowest BCUT2D eigenvalue weighted by atomic mass is 10.0. The van der Waals surface area contributed by atoms with Gasteiger partial charge in [0.1, 0.15) is 16.5 Å². The van der Waals surface area contributed by atoms with Crippen molar-refractivity contribution in [1.29, 1.82) is 0 Å². The molecule has 1 heterocycles. The second-order valence-corrected chi connectivity index (χ2v) is 8.25. The third kappa shape index (κ3) is 6.62. The fraction of sp³-hybridized carbons (Fsp3) is 0.261. The highest BCUT2D eigenvalue weighted by Gasteiger charge is 2.12. The van der Waals surface area contributed by atoms with E-state index in [1.807, 2.05) is 24.3 Å². The number of aromatic nitrogens is 1. The number of amides is 3. The number of carbonyl (C=O) groups is 2. The van der Waals surface area contributed by atoms with Gasteiger partial charge in [0.15, 0.2) is 0 Å². The van der Waals surface area contributed by atoms with Crippen LogP contribution in [0.4, 0.5) is 14.9 Å². The molecule has 162 valence electrons. The van der Waals surface area contributed by atoms with Gasteiger partial charge in [0.2, 0.25) is 0 Å². The molecule has 31 heavy (non-hydrogen) atoms. The van der Waals surface area contributed by atoms with Crippen LogP contribution in [-0.4, -0.2) is 23.5 Å². The van der Waals surface area contributed by atoms with E-state index in [4.69, 9.17) is 0 Å². The maximum atomic E-state index is 13.6. The molecule has 0 unspecified atom stereocenters. The third-order valence-electron chi connectivity index (χ3n) is 4.66. The Bertz CT molecular complexity index is 1030. The van der Waals surface area contributed by atoms with Gasteiger partial charge in [-0.2, -0.15) is 0 Å². The molecule has 0 atom stereocenters. The fourth-order valence-corrected chi connectivity index (χ4v) is 3.60. The molecule has 8 heteroatoms. The van der Waals surface area contributed by atoms with Crippen molar-refractivity contribution in [3.8, 4) is 0 Å². The van der Waals surface area contributed by atoms with Gasteiger partial charge in [0, 0.05) is 17.6 Å². The summed E-state index contributed by atoms with van der Waals surface area (Å²) in [6.45, 7) is 4.74. The molecular weight excluding hydrogens is 415 g/mol. The molecule has 2 aromatic carbocycles. The highest BCUT2D eigenvalue weighted by Crippen LogP contribution is 2.17. The third-order valence-corrected chi connectivity index (χ3v) is 5.51. The van der Waals surface area contributed by atoms with Crippen LogP contribution in [-0.2, 0) is 13.0 Å². The van der Waals surface area contributed by atoms with E-state index < -0.39 is 0 Å². The molecule has 3 aromatic rings. The molecule has 3 rings (SSSR count). The smallest absolute Gasteiger partial charge is 0.319 e. The van der Waals surface area contributed by atoms with Gasteiger partial charge in [-0.3, -0.25) is 4.79 Å². The fourth-order valence-electron chi connectivity index (χ4n) is 2.88. The van der Waals surface area contributed by atoms with E-state index >= 15 is 0 Å². The summed E-state index contributed by atoms with van der Waals surface area (Å²) in [5.41, 5.74) is 2.74. The number of anilines is 1. The molecule has 0 saturated heterocycles. The van der Waals surface area contributed by atoms with Gasteiger partial charge in [0.05, 0.1) is 6.54 Å². The average molecular weight is 441 g/mol. The monoisotopic (exact) mass is 440 g/mol. The molecule has 3 N–H and O–H groups in total. The van der Waals surface area contributed by atoms with E-state index in [9.17, 15) is 14.0 Å². The van der Waals surface area contributed by atoms with Crippen LogP contribution in [0.3, 0.4) is 0 Å². The van der Waals surface area contributed by atoms with Crippen LogP contribution < -0.4 is 16.0 Å². The van der Waals surface area contributed by atoms with Crippen LogP contribution >= 0.6 is 11.3 Å². The lowest BCUT2D eigenvalue weighted by Gasteiger charge is -2.09. The summed E-state index contributed by atoms with van der Waals surface area (Å²) in [7, 11) is 0. The Morgan fingerprint density at radius 1 is 1.06 bits per heavy atom. The predicted octanol–water partition coefficient (Wildman–Crippen LogP) is 4.70. The molecule has 0 fully saturated rings. The standard InChI is InChI=1S/C23H25FN4O2S/c1-15(2)16-7-9-18(10-8-16)27-23(30)26-13-21-28-20(14-31-21)22(29)25-12-11-17-5-3-4-6-19(17)24/h3-10,14-15H,11-13H2,1-2H3,(H,25,29)(H2,26,27,30). The van der Waals surface area contributed by atoms with E-state index in [1.54, 1.807) is 23.6 Å². The molecule has 0 aliphatic rings. The summed E-state index contributed by atoms with van der Waals surface area (Å²) in [4.78, 5) is 28.6. The number of halogens is 1. The molecule has 3 amide bonds. The predicted molar refractivity (Wildman–Crippen MR) is 121 cm³/mol. The summed E-state index contributed by atoms with van der Waals surface area (Å²) >= 11 is 1.29. The van der Waals surface area contributed by atoms with Crippen molar-refractivity contribution in [3.63, 3.8) is 0 Å². The maximum absolute atomic E-state index is 13.6. The largest absolute Gasteiger partial charge is 0.350 e. The van der Waals surface area contributed by atoms with Crippen molar-refractivity contribution in [2.75, 3.05) is 11.9 Å². The Kier molecular flexibility index (Phi) is 7.72. The van der Waals surface area contributed by atoms with E-state index in [0.717, 1.165) is 0 Å². The van der Waals surface area contributed by atoms with Crippen molar-refractivity contribution in [3.05, 3.63) is 81.6 Å². The van der Waals surface area contributed by atoms with E-state index in [2.05, 4.69) is 34.8 Å². The Hall–Kier alpha value is -3.26. The molecular formula is C23H25FN4O2S. The number of thiazole rings is 1. The first-order valence-corrected chi connectivity index (χ1v) is 10.9. The number of hydrogen-bond donors (Lipinski definition) is 3. The summed E-state index contributed by atoms with van der Waals surface area (Å²) in [5, 5.41) is 10.5. The molecule has 6 nitrogen and oxygen atoms in total. The van der Waals surface area contributed by atoms with Gasteiger partial charge >= 0.3 is 6.03 Å². The number of rotatable bonds is 8. The van der Waals surface area contributed by atoms with Crippen LogP contribution in [0.15, 0.2) is 53.9 Å². The second kappa shape index (κ2) is 10.7. The van der Waals surface area contributed by atoms with Crippen LogP contribution in [0.1, 0.15) is 46.4 Å². The molecule has 0 bridgehead atoms. The zero-order valence-electron chi connectivity index (χ0n) is 17.4. The van der Waals surface area contributed by atoms with E-state index in [1.165, 1.54) is 23.0 Å². The number of urea groups is 1. The van der Waals surface area contributed by atoms with Crippen molar-refractivity contribution in [1.82, 2.24) is 15.6 Å². The maximum Gasteiger partial charge on any atom is 0.319 e. The van der Waals surface area contributed by atoms with Gasteiger partial charge < -0.3 is 16.0 Å². The van der Waals surface area contributed by atoms with Crippen molar-refractivity contribution in [2.24, 2.45) is 0 Å². The quantitative estimate of drug-likeness (QED) is 0.475. The lowest BCUT2D eigenvalue weighted by molar-refractivity contribution is 0.0949. The molecule has 0 radical (unpaired) electrons. The van der Waals surface area contributed by atoms with Crippen molar-refractivity contribution in [2.45, 2.75) is 32.7 Å². The number of benzene rings is 2. The summed E-state index contributed by atoms with van der Waals surface area (Å²) in [5.74, 6) is -0.180. The Balaban J connectivity index is 1.43. The van der Waals surface area contributed by atoms with E-state index in [-0.39, 0.29) is 30.0 Å². The van der Waals surface area contributed by atoms with Gasteiger partial charge in [-0.1, -0.05) is 44.2 Å². The summed E-state index contributed by atoms with van der Waals surface area (Å²) in [6, 6.07) is 13.8. The summed E-state index contributed by atoms with van der Waals surface area (Å²) < 4.78 is 13.6. The molecule has 0 aliphatic heterocycles. The highest BCUT2D eigenvalue weighted by atomic mass is 32.1. The van der Waals surface area contributed by atoms with Gasteiger partial charge in [-0.05, 0) is 41.7 Å². The molecule has 0 saturated carbocycles. The zero-order chi connectivity index (χ0) is 22.2. The number of hydrogen-bond acceptors (Lipinski definition) is 4. The highest BCUT2D eigenvalue weighted by molar-refractivity contribution is 7.09. The summed E-state index contributed by atoms with van der Waals surface area (Å²) in [6.07, 6.45) is 0.398. The molecule has 1 aromatic heterocycles. The minimum atomic E-state index is -0.344. The van der Waals surface area contributed by atoms with Gasteiger partial charge in [0.25, 0.3) is 5.91 Å². The Morgan fingerprint density at radius 3 is 2.52 bits per heavy atom. The van der Waals surface area contributed by atoms with Crippen LogP contribution in [0, 0.1) is 5.82 Å². The van der Waals surface area contributed by atoms with Gasteiger partial charge in [-0.25, -0.2) is 14.2 Å². The minimum Gasteiger partial charge on any atom is -0.350 e. The Morgan fingerprint density at radius 2 is 1.81 bits per heavy atom. The minimum absolute atomic E-state index is 0.211. The SMILES string of the molecule is CC(C)c1ccc(NC(=O)NCc2nc(C(=O)NCCc3ccccc3F)cs2)cc1. The van der Waals surface area contributed by atoms with Crippen molar-refractivity contribution >= 4 is 29.0 Å². The number of nitrogens with one attached hydrogen (secondary N) is 3. The first-order valence-electron chi connectivity index (χ1n) is 10.0. The average Bonchev–Trinajstić information content (AvgIpc) is 3.23. The van der Waals surface area contributed by atoms with Gasteiger partial charge in [-0.15, -0.1) is 11.3 Å². The number of carbonyl (C=O) groups excluding carboxylic acids is 2. The van der Waals surface area contributed by atoms with Crippen LogP contribution in [0.2, 0.25) is 0 Å². The topological polar surface area (TPSA) is 83.1 Å². The first kappa shape index (κ1) is 22.4. The first-order chi connectivity index (χ1) is 14.9.